The SMILES string of the molecule is CC(C)(C)c1ccc(-n2c(-c3cc(C(C)(C)C)cc(C(C)(C)C)c3O)nc3c(-c4[c-]c(-c5cc6c(cn5)c5ccccc5n6-c5ccc(-c6ccccc6)cc5)cc5c4oc4ccccc45)cccc32)c(-c2ccccc2)c1.[Pt]. The van der Waals surface area contributed by atoms with E-state index in [2.05, 4.69) is 260 Å². The minimum Gasteiger partial charge on any atom is -0.507 e. The van der Waals surface area contributed by atoms with Crippen molar-refractivity contribution < 1.29 is 30.6 Å². The molecule has 1 N–H and O–H groups in total. The second-order valence-electron chi connectivity index (χ2n) is 24.0. The maximum Gasteiger partial charge on any atom is 0.148 e. The smallest absolute Gasteiger partial charge is 0.148 e. The number of para-hydroxylation sites is 3. The Balaban J connectivity index is 0.00000623. The van der Waals surface area contributed by atoms with Gasteiger partial charge in [-0.15, -0.1) is 12.1 Å². The largest absolute Gasteiger partial charge is 0.507 e. The van der Waals surface area contributed by atoms with Crippen LogP contribution in [0.4, 0.5) is 0 Å². The summed E-state index contributed by atoms with van der Waals surface area (Å²) >= 11 is 0. The summed E-state index contributed by atoms with van der Waals surface area (Å²) in [7, 11) is 0. The van der Waals surface area contributed by atoms with Crippen LogP contribution in [0.1, 0.15) is 79.0 Å². The van der Waals surface area contributed by atoms with E-state index in [1.807, 2.05) is 18.3 Å². The Labute approximate surface area is 476 Å². The van der Waals surface area contributed by atoms with E-state index in [9.17, 15) is 5.11 Å². The minimum absolute atomic E-state index is 0. The molecule has 9 aromatic carbocycles. The first-order chi connectivity index (χ1) is 37.5. The Morgan fingerprint density at radius 1 is 0.481 bits per heavy atom. The maximum atomic E-state index is 12.8. The van der Waals surface area contributed by atoms with E-state index in [4.69, 9.17) is 14.4 Å². The summed E-state index contributed by atoms with van der Waals surface area (Å²) in [5.74, 6) is 0.862. The molecule has 0 aliphatic rings. The van der Waals surface area contributed by atoms with Gasteiger partial charge in [0, 0.05) is 65.9 Å². The summed E-state index contributed by atoms with van der Waals surface area (Å²) in [5.41, 5.74) is 18.2. The van der Waals surface area contributed by atoms with Gasteiger partial charge >= 0.3 is 0 Å². The number of imidazole rings is 1. The van der Waals surface area contributed by atoms with Crippen LogP contribution in [-0.4, -0.2) is 24.2 Å². The monoisotopic (exact) mass is 1210 g/mol. The molecule has 0 fully saturated rings. The fourth-order valence-corrected chi connectivity index (χ4v) is 11.4. The van der Waals surface area contributed by atoms with E-state index in [0.717, 1.165) is 111 Å². The molecule has 0 unspecified atom stereocenters. The van der Waals surface area contributed by atoms with Gasteiger partial charge in [-0.05, 0) is 104 Å². The Hall–Kier alpha value is -8.31. The first-order valence-electron chi connectivity index (χ1n) is 27.0. The minimum atomic E-state index is -0.369. The number of aromatic hydroxyl groups is 1. The normalized spacial score (nSPS) is 12.3. The topological polar surface area (TPSA) is 69.0 Å². The van der Waals surface area contributed by atoms with E-state index in [-0.39, 0.29) is 43.1 Å². The van der Waals surface area contributed by atoms with Crippen LogP contribution in [-0.2, 0) is 37.3 Å². The zero-order chi connectivity index (χ0) is 53.8. The zero-order valence-corrected chi connectivity index (χ0v) is 48.3. The molecule has 0 saturated heterocycles. The first-order valence-corrected chi connectivity index (χ1v) is 27.0. The third-order valence-corrected chi connectivity index (χ3v) is 15.6. The van der Waals surface area contributed by atoms with Gasteiger partial charge in [0.25, 0.3) is 0 Å². The molecule has 0 saturated carbocycles. The van der Waals surface area contributed by atoms with Crippen molar-refractivity contribution in [2.75, 3.05) is 0 Å². The summed E-state index contributed by atoms with van der Waals surface area (Å²) in [6, 6.07) is 72.6. The molecular weight excluding hydrogens is 1150 g/mol. The van der Waals surface area contributed by atoms with E-state index in [1.54, 1.807) is 0 Å². The molecular formula is C72H61N4O2Pt-. The molecule has 4 heterocycles. The Morgan fingerprint density at radius 2 is 1.11 bits per heavy atom. The van der Waals surface area contributed by atoms with E-state index in [0.29, 0.717) is 17.0 Å². The van der Waals surface area contributed by atoms with Crippen molar-refractivity contribution in [1.29, 1.82) is 0 Å². The van der Waals surface area contributed by atoms with E-state index in [1.165, 1.54) is 11.1 Å². The summed E-state index contributed by atoms with van der Waals surface area (Å²) in [6.07, 6.45) is 2.01. The van der Waals surface area contributed by atoms with Gasteiger partial charge in [-0.25, -0.2) is 4.98 Å². The van der Waals surface area contributed by atoms with Crippen LogP contribution in [0, 0.1) is 6.07 Å². The van der Waals surface area contributed by atoms with Crippen LogP contribution in [0.3, 0.4) is 0 Å². The summed E-state index contributed by atoms with van der Waals surface area (Å²) in [4.78, 5) is 11.0. The number of phenolic OH excluding ortho intramolecular Hbond substituents is 1. The number of phenols is 1. The number of furan rings is 1. The van der Waals surface area contributed by atoms with Crippen LogP contribution in [0.15, 0.2) is 205 Å². The molecule has 4 aromatic heterocycles. The number of hydrogen-bond acceptors (Lipinski definition) is 4. The average molecular weight is 1210 g/mol. The third-order valence-electron chi connectivity index (χ3n) is 15.6. The predicted octanol–water partition coefficient (Wildman–Crippen LogP) is 19.1. The van der Waals surface area contributed by atoms with Gasteiger partial charge in [-0.3, -0.25) is 9.55 Å². The average Bonchev–Trinajstić information content (AvgIpc) is 4.27. The van der Waals surface area contributed by atoms with Gasteiger partial charge in [-0.2, -0.15) is 0 Å². The molecule has 0 spiro atoms. The molecule has 79 heavy (non-hydrogen) atoms. The number of hydrogen-bond donors (Lipinski definition) is 1. The summed E-state index contributed by atoms with van der Waals surface area (Å²) in [6.45, 7) is 19.9. The zero-order valence-electron chi connectivity index (χ0n) is 46.0. The predicted molar refractivity (Wildman–Crippen MR) is 324 cm³/mol. The number of rotatable bonds is 7. The number of aromatic nitrogens is 4. The number of fused-ring (bicyclic) bond motifs is 7. The van der Waals surface area contributed by atoms with Crippen molar-refractivity contribution in [1.82, 2.24) is 19.1 Å². The number of nitrogens with zero attached hydrogens (tertiary/aromatic N) is 4. The van der Waals surface area contributed by atoms with Crippen molar-refractivity contribution in [2.45, 2.75) is 78.6 Å². The molecule has 13 aromatic rings. The van der Waals surface area contributed by atoms with Crippen molar-refractivity contribution >= 4 is 54.8 Å². The molecule has 0 amide bonds. The van der Waals surface area contributed by atoms with Gasteiger partial charge in [0.2, 0.25) is 0 Å². The van der Waals surface area contributed by atoms with Gasteiger partial charge in [0.1, 0.15) is 17.2 Å². The van der Waals surface area contributed by atoms with Gasteiger partial charge in [-0.1, -0.05) is 212 Å². The molecule has 0 radical (unpaired) electrons. The fraction of sp³-hybridized carbons (Fsp3) is 0.167. The fourth-order valence-electron chi connectivity index (χ4n) is 11.4. The molecule has 0 bridgehead atoms. The third kappa shape index (κ3) is 8.87. The molecule has 392 valence electrons. The van der Waals surface area contributed by atoms with Crippen molar-refractivity contribution in [2.24, 2.45) is 0 Å². The second kappa shape index (κ2) is 19.3. The molecule has 13 rings (SSSR count). The van der Waals surface area contributed by atoms with Crippen LogP contribution >= 0.6 is 0 Å². The molecule has 7 heteroatoms. The van der Waals surface area contributed by atoms with Crippen LogP contribution < -0.4 is 0 Å². The van der Waals surface area contributed by atoms with Crippen molar-refractivity contribution in [3.05, 3.63) is 223 Å². The van der Waals surface area contributed by atoms with E-state index >= 15 is 0 Å². The van der Waals surface area contributed by atoms with Gasteiger partial charge in [0.05, 0.1) is 38.9 Å². The molecule has 6 nitrogen and oxygen atoms in total. The van der Waals surface area contributed by atoms with Crippen LogP contribution in [0.2, 0.25) is 0 Å². The Kier molecular flexibility index (Phi) is 12.5. The van der Waals surface area contributed by atoms with E-state index < -0.39 is 0 Å². The number of pyridine rings is 1. The number of benzene rings is 9. The molecule has 0 aliphatic heterocycles. The molecule has 0 atom stereocenters. The van der Waals surface area contributed by atoms with Gasteiger partial charge < -0.3 is 14.1 Å². The molecule has 0 aliphatic carbocycles. The van der Waals surface area contributed by atoms with Gasteiger partial charge in [0.15, 0.2) is 0 Å². The second-order valence-corrected chi connectivity index (χ2v) is 24.0. The Morgan fingerprint density at radius 3 is 1.82 bits per heavy atom. The van der Waals surface area contributed by atoms with Crippen LogP contribution in [0.5, 0.6) is 5.75 Å². The maximum absolute atomic E-state index is 12.8. The summed E-state index contributed by atoms with van der Waals surface area (Å²) in [5, 5.41) is 16.9. The standard InChI is InChI=1S/C72H61N4O2.Pt/c1-70(2,3)48-33-36-62(54(39-48)46-23-14-11-15-24-46)76-63-29-20-27-53(66(63)74-69(76)57-40-49(71(4,5)6)41-59(67(57)77)72(7,8)9)56-38-47(37-55-52-26-17-19-30-65(52)78-68(55)56)60-42-64-58(43-73-60)51-25-16-18-28-61(51)75(64)50-34-31-45(32-35-50)44-21-12-10-13-22-44;/h10-37,39-43,77H,1-9H3;/q-1;. The quantitative estimate of drug-likeness (QED) is 0.161. The van der Waals surface area contributed by atoms with Crippen LogP contribution in [0.25, 0.3) is 122 Å². The van der Waals surface area contributed by atoms with Crippen molar-refractivity contribution in [3.8, 4) is 73.2 Å². The van der Waals surface area contributed by atoms with Crippen molar-refractivity contribution in [3.63, 3.8) is 0 Å². The summed E-state index contributed by atoms with van der Waals surface area (Å²) < 4.78 is 11.5. The first kappa shape index (κ1) is 51.4. The Bertz CT molecular complexity index is 4490.